The molecule has 1 unspecified atom stereocenters. The summed E-state index contributed by atoms with van der Waals surface area (Å²) in [4.78, 5) is 11.4. The van der Waals surface area contributed by atoms with Gasteiger partial charge >= 0.3 is 5.97 Å². The standard InChI is InChI=1S/C10H19NO2/c1-4-7-8(9(11)5-2)10(12)13-6-3/h8,11H,4-7H2,1-3H3. The van der Waals surface area contributed by atoms with Crippen LogP contribution in [0.25, 0.3) is 0 Å². The summed E-state index contributed by atoms with van der Waals surface area (Å²) in [5, 5.41) is 7.61. The lowest BCUT2D eigenvalue weighted by atomic mass is 9.96. The van der Waals surface area contributed by atoms with Gasteiger partial charge in [0.2, 0.25) is 0 Å². The zero-order valence-electron chi connectivity index (χ0n) is 8.72. The summed E-state index contributed by atoms with van der Waals surface area (Å²) in [6.45, 7) is 6.09. The number of rotatable bonds is 6. The molecule has 0 saturated heterocycles. The van der Waals surface area contributed by atoms with Gasteiger partial charge in [-0.25, -0.2) is 0 Å². The van der Waals surface area contributed by atoms with E-state index >= 15 is 0 Å². The van der Waals surface area contributed by atoms with Gasteiger partial charge in [0.05, 0.1) is 12.5 Å². The van der Waals surface area contributed by atoms with Crippen LogP contribution in [-0.2, 0) is 9.53 Å². The quantitative estimate of drug-likeness (QED) is 0.510. The first-order valence-electron chi connectivity index (χ1n) is 4.91. The molecule has 0 radical (unpaired) electrons. The van der Waals surface area contributed by atoms with Crippen molar-refractivity contribution in [3.8, 4) is 0 Å². The van der Waals surface area contributed by atoms with E-state index in [0.29, 0.717) is 18.7 Å². The van der Waals surface area contributed by atoms with Crippen LogP contribution in [-0.4, -0.2) is 18.3 Å². The molecule has 1 N–H and O–H groups in total. The molecule has 3 heteroatoms. The van der Waals surface area contributed by atoms with E-state index in [4.69, 9.17) is 10.1 Å². The van der Waals surface area contributed by atoms with Crippen molar-refractivity contribution >= 4 is 11.7 Å². The molecule has 0 aromatic carbocycles. The molecule has 0 bridgehead atoms. The normalized spacial score (nSPS) is 12.2. The van der Waals surface area contributed by atoms with Gasteiger partial charge in [-0.3, -0.25) is 4.79 Å². The first-order valence-corrected chi connectivity index (χ1v) is 4.91. The third kappa shape index (κ3) is 4.06. The van der Waals surface area contributed by atoms with E-state index in [9.17, 15) is 4.79 Å². The van der Waals surface area contributed by atoms with Crippen LogP contribution in [0.3, 0.4) is 0 Å². The molecule has 0 aliphatic carbocycles. The zero-order chi connectivity index (χ0) is 10.3. The number of esters is 1. The first-order chi connectivity index (χ1) is 6.17. The average molecular weight is 185 g/mol. The van der Waals surface area contributed by atoms with Gasteiger partial charge in [0.25, 0.3) is 0 Å². The number of ether oxygens (including phenoxy) is 1. The highest BCUT2D eigenvalue weighted by Gasteiger charge is 2.22. The molecule has 0 fully saturated rings. The lowest BCUT2D eigenvalue weighted by Gasteiger charge is -2.14. The van der Waals surface area contributed by atoms with Gasteiger partial charge in [0.1, 0.15) is 0 Å². The highest BCUT2D eigenvalue weighted by atomic mass is 16.5. The predicted molar refractivity (Wildman–Crippen MR) is 53.0 cm³/mol. The summed E-state index contributed by atoms with van der Waals surface area (Å²) in [6, 6.07) is 0. The second-order valence-electron chi connectivity index (χ2n) is 2.97. The Balaban J connectivity index is 4.22. The highest BCUT2D eigenvalue weighted by molar-refractivity contribution is 6.00. The number of nitrogens with one attached hydrogen (secondary N) is 1. The molecular weight excluding hydrogens is 166 g/mol. The monoisotopic (exact) mass is 185 g/mol. The maximum Gasteiger partial charge on any atom is 0.314 e. The Morgan fingerprint density at radius 3 is 2.38 bits per heavy atom. The van der Waals surface area contributed by atoms with Gasteiger partial charge < -0.3 is 10.1 Å². The van der Waals surface area contributed by atoms with Crippen molar-refractivity contribution in [3.05, 3.63) is 0 Å². The number of hydrogen-bond acceptors (Lipinski definition) is 3. The average Bonchev–Trinajstić information content (AvgIpc) is 2.13. The van der Waals surface area contributed by atoms with Gasteiger partial charge in [0.15, 0.2) is 0 Å². The predicted octanol–water partition coefficient (Wildman–Crippen LogP) is 2.40. The minimum atomic E-state index is -0.310. The molecule has 1 atom stereocenters. The second kappa shape index (κ2) is 6.63. The molecule has 0 aliphatic heterocycles. The molecule has 3 nitrogen and oxygen atoms in total. The summed E-state index contributed by atoms with van der Waals surface area (Å²) in [7, 11) is 0. The van der Waals surface area contributed by atoms with E-state index in [-0.39, 0.29) is 11.9 Å². The fourth-order valence-electron chi connectivity index (χ4n) is 1.21. The van der Waals surface area contributed by atoms with E-state index in [0.717, 1.165) is 12.8 Å². The summed E-state index contributed by atoms with van der Waals surface area (Å²) in [5.41, 5.74) is 0.486. The fraction of sp³-hybridized carbons (Fsp3) is 0.800. The lowest BCUT2D eigenvalue weighted by molar-refractivity contribution is -0.145. The van der Waals surface area contributed by atoms with Crippen molar-refractivity contribution in [1.29, 1.82) is 5.41 Å². The Hall–Kier alpha value is -0.860. The Morgan fingerprint density at radius 2 is 2.00 bits per heavy atom. The number of hydrogen-bond donors (Lipinski definition) is 1. The van der Waals surface area contributed by atoms with E-state index in [1.165, 1.54) is 0 Å². The molecule has 0 aromatic rings. The molecule has 0 aliphatic rings. The molecule has 76 valence electrons. The van der Waals surface area contributed by atoms with Gasteiger partial charge in [-0.2, -0.15) is 0 Å². The van der Waals surface area contributed by atoms with Crippen molar-refractivity contribution in [3.63, 3.8) is 0 Å². The highest BCUT2D eigenvalue weighted by Crippen LogP contribution is 2.12. The Labute approximate surface area is 80.0 Å². The molecule has 0 heterocycles. The molecular formula is C10H19NO2. The number of carbonyl (C=O) groups is 1. The van der Waals surface area contributed by atoms with E-state index in [1.807, 2.05) is 13.8 Å². The van der Waals surface area contributed by atoms with Crippen molar-refractivity contribution in [1.82, 2.24) is 0 Å². The Kier molecular flexibility index (Phi) is 6.20. The summed E-state index contributed by atoms with van der Waals surface area (Å²) in [5.74, 6) is -0.550. The van der Waals surface area contributed by atoms with Crippen molar-refractivity contribution in [2.75, 3.05) is 6.61 Å². The summed E-state index contributed by atoms with van der Waals surface area (Å²) >= 11 is 0. The van der Waals surface area contributed by atoms with Crippen molar-refractivity contribution in [2.24, 2.45) is 5.92 Å². The topological polar surface area (TPSA) is 50.2 Å². The third-order valence-corrected chi connectivity index (χ3v) is 1.95. The second-order valence-corrected chi connectivity index (χ2v) is 2.97. The SMILES string of the molecule is CCCC(C(=N)CC)C(=O)OCC. The van der Waals surface area contributed by atoms with Crippen LogP contribution in [0.4, 0.5) is 0 Å². The van der Waals surface area contributed by atoms with Crippen molar-refractivity contribution < 1.29 is 9.53 Å². The van der Waals surface area contributed by atoms with Crippen LogP contribution in [0.5, 0.6) is 0 Å². The van der Waals surface area contributed by atoms with Gasteiger partial charge in [-0.15, -0.1) is 0 Å². The van der Waals surface area contributed by atoms with Gasteiger partial charge in [-0.05, 0) is 19.8 Å². The molecule has 13 heavy (non-hydrogen) atoms. The molecule has 0 saturated carbocycles. The lowest BCUT2D eigenvalue weighted by Crippen LogP contribution is -2.25. The summed E-state index contributed by atoms with van der Waals surface area (Å²) < 4.78 is 4.90. The largest absolute Gasteiger partial charge is 0.465 e. The van der Waals surface area contributed by atoms with Gasteiger partial charge in [-0.1, -0.05) is 20.3 Å². The third-order valence-electron chi connectivity index (χ3n) is 1.95. The van der Waals surface area contributed by atoms with E-state index in [1.54, 1.807) is 6.92 Å². The summed E-state index contributed by atoms with van der Waals surface area (Å²) in [6.07, 6.45) is 2.26. The fourth-order valence-corrected chi connectivity index (χ4v) is 1.21. The Bertz CT molecular complexity index is 178. The molecule has 0 aromatic heterocycles. The smallest absolute Gasteiger partial charge is 0.314 e. The van der Waals surface area contributed by atoms with Gasteiger partial charge in [0, 0.05) is 5.71 Å². The van der Waals surface area contributed by atoms with Crippen LogP contribution in [0, 0.1) is 11.3 Å². The maximum atomic E-state index is 11.4. The minimum Gasteiger partial charge on any atom is -0.465 e. The van der Waals surface area contributed by atoms with Crippen LogP contribution in [0.1, 0.15) is 40.0 Å². The molecule has 0 rings (SSSR count). The minimum absolute atomic E-state index is 0.240. The van der Waals surface area contributed by atoms with E-state index in [2.05, 4.69) is 0 Å². The van der Waals surface area contributed by atoms with Crippen LogP contribution in [0.2, 0.25) is 0 Å². The van der Waals surface area contributed by atoms with Crippen molar-refractivity contribution in [2.45, 2.75) is 40.0 Å². The zero-order valence-corrected chi connectivity index (χ0v) is 8.72. The Morgan fingerprint density at radius 1 is 1.38 bits per heavy atom. The van der Waals surface area contributed by atoms with E-state index < -0.39 is 0 Å². The van der Waals surface area contributed by atoms with Crippen LogP contribution in [0.15, 0.2) is 0 Å². The molecule has 0 amide bonds. The molecule has 0 spiro atoms. The maximum absolute atomic E-state index is 11.4. The first kappa shape index (κ1) is 12.1. The number of carbonyl (C=O) groups excluding carboxylic acids is 1. The van der Waals surface area contributed by atoms with Crippen LogP contribution >= 0.6 is 0 Å². The van der Waals surface area contributed by atoms with Crippen LogP contribution < -0.4 is 0 Å².